The minimum atomic E-state index is -0.991. The minimum absolute atomic E-state index is 0.548. The van der Waals surface area contributed by atoms with Gasteiger partial charge in [-0.2, -0.15) is 0 Å². The first-order valence-electron chi connectivity index (χ1n) is 3.56. The largest absolute Gasteiger partial charge is 0.478 e. The second-order valence-electron chi connectivity index (χ2n) is 2.41. The summed E-state index contributed by atoms with van der Waals surface area (Å²) in [5, 5.41) is 8.41. The molecule has 0 aliphatic heterocycles. The van der Waals surface area contributed by atoms with Crippen LogP contribution in [0.4, 0.5) is 5.69 Å². The maximum atomic E-state index is 10.3. The summed E-state index contributed by atoms with van der Waals surface area (Å²) >= 11 is 3.27. The number of nitrogen functional groups attached to an aromatic ring is 1. The first-order valence-corrected chi connectivity index (χ1v) is 4.35. The van der Waals surface area contributed by atoms with Gasteiger partial charge in [0.05, 0.1) is 0 Å². The number of carbonyl (C=O) groups is 1. The molecule has 1 rings (SSSR count). The molecule has 0 saturated heterocycles. The van der Waals surface area contributed by atoms with Crippen LogP contribution >= 0.6 is 15.9 Å². The van der Waals surface area contributed by atoms with Crippen molar-refractivity contribution in [1.82, 2.24) is 0 Å². The van der Waals surface area contributed by atoms with Crippen molar-refractivity contribution in [3.63, 3.8) is 0 Å². The van der Waals surface area contributed by atoms with Crippen LogP contribution in [0.5, 0.6) is 0 Å². The second kappa shape index (κ2) is 4.09. The van der Waals surface area contributed by atoms with E-state index in [2.05, 4.69) is 15.9 Å². The Hall–Kier alpha value is -1.29. The van der Waals surface area contributed by atoms with E-state index in [1.54, 1.807) is 18.2 Å². The Morgan fingerprint density at radius 3 is 2.77 bits per heavy atom. The number of rotatable bonds is 2. The van der Waals surface area contributed by atoms with Gasteiger partial charge in [-0.05, 0) is 18.2 Å². The van der Waals surface area contributed by atoms with Gasteiger partial charge in [-0.1, -0.05) is 22.0 Å². The normalized spacial score (nSPS) is 10.5. The van der Waals surface area contributed by atoms with Crippen LogP contribution < -0.4 is 5.73 Å². The molecule has 0 bridgehead atoms. The molecule has 0 spiro atoms. The quantitative estimate of drug-likeness (QED) is 0.616. The van der Waals surface area contributed by atoms with Crippen LogP contribution in [0.15, 0.2) is 28.7 Å². The molecule has 1 aromatic carbocycles. The summed E-state index contributed by atoms with van der Waals surface area (Å²) in [7, 11) is 0. The first kappa shape index (κ1) is 9.80. The summed E-state index contributed by atoms with van der Waals surface area (Å²) in [6.07, 6.45) is 2.51. The topological polar surface area (TPSA) is 63.3 Å². The summed E-state index contributed by atoms with van der Waals surface area (Å²) in [5.74, 6) is -0.991. The zero-order valence-corrected chi connectivity index (χ0v) is 8.28. The highest BCUT2D eigenvalue weighted by Crippen LogP contribution is 2.23. The number of hydrogen-bond donors (Lipinski definition) is 2. The molecule has 0 unspecified atom stereocenters. The molecule has 3 N–H and O–H groups in total. The van der Waals surface area contributed by atoms with E-state index in [4.69, 9.17) is 10.8 Å². The van der Waals surface area contributed by atoms with Crippen LogP contribution in [-0.4, -0.2) is 11.1 Å². The number of carboxylic acids is 1. The van der Waals surface area contributed by atoms with Crippen molar-refractivity contribution < 1.29 is 9.90 Å². The molecule has 68 valence electrons. The van der Waals surface area contributed by atoms with E-state index in [0.717, 1.165) is 10.5 Å². The molecule has 0 atom stereocenters. The Morgan fingerprint density at radius 2 is 2.23 bits per heavy atom. The molecule has 0 amide bonds. The molecule has 0 aromatic heterocycles. The standard InChI is InChI=1S/C9H8BrNO2/c10-7-2-1-3-8(11)6(7)4-5-9(12)13/h1-5H,11H2,(H,12,13)/b5-4+. The molecular formula is C9H8BrNO2. The number of carboxylic acid groups (broad SMARTS) is 1. The average Bonchev–Trinajstić information content (AvgIpc) is 2.03. The first-order chi connectivity index (χ1) is 6.11. The summed E-state index contributed by atoms with van der Waals surface area (Å²) in [4.78, 5) is 10.3. The second-order valence-corrected chi connectivity index (χ2v) is 3.27. The highest BCUT2D eigenvalue weighted by atomic mass is 79.9. The van der Waals surface area contributed by atoms with Gasteiger partial charge in [-0.15, -0.1) is 0 Å². The van der Waals surface area contributed by atoms with Crippen molar-refractivity contribution in [2.45, 2.75) is 0 Å². The van der Waals surface area contributed by atoms with E-state index in [-0.39, 0.29) is 0 Å². The van der Waals surface area contributed by atoms with Crippen LogP contribution in [0.3, 0.4) is 0 Å². The fourth-order valence-corrected chi connectivity index (χ4v) is 1.40. The van der Waals surface area contributed by atoms with E-state index in [0.29, 0.717) is 11.3 Å². The van der Waals surface area contributed by atoms with E-state index >= 15 is 0 Å². The van der Waals surface area contributed by atoms with E-state index in [9.17, 15) is 4.79 Å². The molecule has 0 saturated carbocycles. The summed E-state index contributed by atoms with van der Waals surface area (Å²) < 4.78 is 0.782. The van der Waals surface area contributed by atoms with E-state index in [1.165, 1.54) is 6.08 Å². The summed E-state index contributed by atoms with van der Waals surface area (Å²) in [6, 6.07) is 5.31. The SMILES string of the molecule is Nc1cccc(Br)c1/C=C/C(=O)O. The van der Waals surface area contributed by atoms with Gasteiger partial charge in [0.2, 0.25) is 0 Å². The van der Waals surface area contributed by atoms with Gasteiger partial charge in [0.15, 0.2) is 0 Å². The summed E-state index contributed by atoms with van der Waals surface area (Å²) in [6.45, 7) is 0. The van der Waals surface area contributed by atoms with Gasteiger partial charge in [-0.3, -0.25) is 0 Å². The number of halogens is 1. The predicted octanol–water partition coefficient (Wildman–Crippen LogP) is 2.13. The molecule has 3 nitrogen and oxygen atoms in total. The van der Waals surface area contributed by atoms with Gasteiger partial charge in [0.25, 0.3) is 0 Å². The van der Waals surface area contributed by atoms with Gasteiger partial charge in [0, 0.05) is 21.8 Å². The highest BCUT2D eigenvalue weighted by molar-refractivity contribution is 9.10. The third-order valence-electron chi connectivity index (χ3n) is 1.48. The summed E-state index contributed by atoms with van der Waals surface area (Å²) in [5.41, 5.74) is 6.87. The smallest absolute Gasteiger partial charge is 0.328 e. The van der Waals surface area contributed by atoms with Gasteiger partial charge in [-0.25, -0.2) is 4.79 Å². The lowest BCUT2D eigenvalue weighted by Crippen LogP contribution is -1.91. The van der Waals surface area contributed by atoms with Crippen LogP contribution in [0.25, 0.3) is 6.08 Å². The number of hydrogen-bond acceptors (Lipinski definition) is 2. The Morgan fingerprint density at radius 1 is 1.54 bits per heavy atom. The van der Waals surface area contributed by atoms with Gasteiger partial charge < -0.3 is 10.8 Å². The molecular weight excluding hydrogens is 234 g/mol. The van der Waals surface area contributed by atoms with Gasteiger partial charge >= 0.3 is 5.97 Å². The lowest BCUT2D eigenvalue weighted by molar-refractivity contribution is -0.131. The average molecular weight is 242 g/mol. The maximum absolute atomic E-state index is 10.3. The fourth-order valence-electron chi connectivity index (χ4n) is 0.884. The van der Waals surface area contributed by atoms with Crippen molar-refractivity contribution in [2.75, 3.05) is 5.73 Å². The van der Waals surface area contributed by atoms with Crippen LogP contribution in [0, 0.1) is 0 Å². The molecule has 1 aromatic rings. The molecule has 13 heavy (non-hydrogen) atoms. The lowest BCUT2D eigenvalue weighted by Gasteiger charge is -2.01. The third kappa shape index (κ3) is 2.59. The van der Waals surface area contributed by atoms with Crippen molar-refractivity contribution in [3.05, 3.63) is 34.3 Å². The highest BCUT2D eigenvalue weighted by Gasteiger charge is 1.99. The molecule has 0 aliphatic rings. The molecule has 0 heterocycles. The van der Waals surface area contributed by atoms with Crippen LogP contribution in [-0.2, 0) is 4.79 Å². The monoisotopic (exact) mass is 241 g/mol. The Bertz CT molecular complexity index is 340. The van der Waals surface area contributed by atoms with Crippen LogP contribution in [0.2, 0.25) is 0 Å². The number of aliphatic carboxylic acids is 1. The minimum Gasteiger partial charge on any atom is -0.478 e. The Balaban J connectivity index is 3.06. The molecule has 0 fully saturated rings. The Labute approximate surface area is 84.0 Å². The van der Waals surface area contributed by atoms with Crippen LogP contribution in [0.1, 0.15) is 5.56 Å². The van der Waals surface area contributed by atoms with Crippen molar-refractivity contribution in [3.8, 4) is 0 Å². The third-order valence-corrected chi connectivity index (χ3v) is 2.17. The lowest BCUT2D eigenvalue weighted by atomic mass is 10.1. The number of nitrogens with two attached hydrogens (primary N) is 1. The predicted molar refractivity (Wildman–Crippen MR) is 55.2 cm³/mol. The zero-order chi connectivity index (χ0) is 9.84. The van der Waals surface area contributed by atoms with Crippen molar-refractivity contribution in [2.24, 2.45) is 0 Å². The number of anilines is 1. The maximum Gasteiger partial charge on any atom is 0.328 e. The zero-order valence-electron chi connectivity index (χ0n) is 6.70. The number of benzene rings is 1. The molecule has 4 heteroatoms. The van der Waals surface area contributed by atoms with Gasteiger partial charge in [0.1, 0.15) is 0 Å². The van der Waals surface area contributed by atoms with Crippen molar-refractivity contribution >= 4 is 33.7 Å². The van der Waals surface area contributed by atoms with Crippen molar-refractivity contribution in [1.29, 1.82) is 0 Å². The van der Waals surface area contributed by atoms with E-state index < -0.39 is 5.97 Å². The fraction of sp³-hybridized carbons (Fsp3) is 0. The Kier molecular flexibility index (Phi) is 3.08. The molecule has 0 radical (unpaired) electrons. The van der Waals surface area contributed by atoms with E-state index in [1.807, 2.05) is 0 Å². The molecule has 0 aliphatic carbocycles.